The van der Waals surface area contributed by atoms with Crippen molar-refractivity contribution >= 4 is 0 Å². The summed E-state index contributed by atoms with van der Waals surface area (Å²) < 4.78 is 4.96. The van der Waals surface area contributed by atoms with Crippen molar-refractivity contribution in [2.75, 3.05) is 20.3 Å². The lowest BCUT2D eigenvalue weighted by Crippen LogP contribution is -1.98. The summed E-state index contributed by atoms with van der Waals surface area (Å²) in [7, 11) is 1.73. The molecular weight excluding hydrogens is 138 g/mol. The van der Waals surface area contributed by atoms with Crippen LogP contribution in [0.25, 0.3) is 0 Å². The van der Waals surface area contributed by atoms with Crippen LogP contribution in [-0.4, -0.2) is 20.3 Å². The number of methoxy groups -OCH3 is 1. The Morgan fingerprint density at radius 1 is 1.55 bits per heavy atom. The van der Waals surface area contributed by atoms with Gasteiger partial charge in [-0.3, -0.25) is 0 Å². The number of ether oxygens (including phenoxy) is 1. The molecule has 0 aromatic rings. The van der Waals surface area contributed by atoms with E-state index in [4.69, 9.17) is 10.5 Å². The maximum atomic E-state index is 5.34. The molecule has 0 heterocycles. The van der Waals surface area contributed by atoms with Gasteiger partial charge in [0.2, 0.25) is 0 Å². The minimum atomic E-state index is 0.612. The molecule has 0 aromatic heterocycles. The Morgan fingerprint density at radius 3 is 2.82 bits per heavy atom. The van der Waals surface area contributed by atoms with E-state index in [0.29, 0.717) is 5.92 Å². The van der Waals surface area contributed by atoms with Crippen LogP contribution in [0.5, 0.6) is 0 Å². The maximum Gasteiger partial charge on any atom is 0.0467 e. The molecule has 0 amide bonds. The fourth-order valence-electron chi connectivity index (χ4n) is 0.825. The van der Waals surface area contributed by atoms with E-state index in [2.05, 4.69) is 19.1 Å². The third-order valence-corrected chi connectivity index (χ3v) is 1.58. The van der Waals surface area contributed by atoms with E-state index in [1.54, 1.807) is 7.11 Å². The number of rotatable bonds is 6. The Labute approximate surface area is 69.4 Å². The van der Waals surface area contributed by atoms with Crippen molar-refractivity contribution in [3.05, 3.63) is 12.2 Å². The van der Waals surface area contributed by atoms with Crippen molar-refractivity contribution < 1.29 is 4.74 Å². The molecule has 0 aliphatic rings. The lowest BCUT2D eigenvalue weighted by Gasteiger charge is -2.03. The van der Waals surface area contributed by atoms with Gasteiger partial charge in [-0.05, 0) is 25.3 Å². The zero-order chi connectivity index (χ0) is 8.53. The molecule has 0 aliphatic carbocycles. The van der Waals surface area contributed by atoms with Crippen LogP contribution in [0.2, 0.25) is 0 Å². The largest absolute Gasteiger partial charge is 0.385 e. The van der Waals surface area contributed by atoms with Gasteiger partial charge in [0.05, 0.1) is 0 Å². The molecule has 0 bridgehead atoms. The zero-order valence-corrected chi connectivity index (χ0v) is 7.55. The van der Waals surface area contributed by atoms with Gasteiger partial charge in [-0.15, -0.1) is 0 Å². The molecule has 2 nitrogen and oxygen atoms in total. The third-order valence-electron chi connectivity index (χ3n) is 1.58. The molecule has 0 fully saturated rings. The lowest BCUT2D eigenvalue weighted by molar-refractivity contribution is 0.186. The highest BCUT2D eigenvalue weighted by atomic mass is 16.5. The van der Waals surface area contributed by atoms with Gasteiger partial charge in [0.25, 0.3) is 0 Å². The van der Waals surface area contributed by atoms with Gasteiger partial charge in [0.1, 0.15) is 0 Å². The van der Waals surface area contributed by atoms with Crippen molar-refractivity contribution in [3.8, 4) is 0 Å². The number of hydrogen-bond donors (Lipinski definition) is 1. The van der Waals surface area contributed by atoms with Crippen molar-refractivity contribution in [1.29, 1.82) is 0 Å². The average molecular weight is 157 g/mol. The summed E-state index contributed by atoms with van der Waals surface area (Å²) in [6.07, 6.45) is 6.42. The van der Waals surface area contributed by atoms with Crippen LogP contribution in [-0.2, 0) is 4.74 Å². The first kappa shape index (κ1) is 10.7. The number of nitrogens with two attached hydrogens (primary N) is 1. The molecule has 0 spiro atoms. The van der Waals surface area contributed by atoms with E-state index >= 15 is 0 Å². The molecular formula is C9H19NO. The standard InChI is InChI=1S/C9H19NO/c1-9(6-8-11-2)5-3-4-7-10/h3,5,9H,4,6-8,10H2,1-2H3/b5-3+. The molecule has 2 heteroatoms. The predicted molar refractivity (Wildman–Crippen MR) is 48.5 cm³/mol. The van der Waals surface area contributed by atoms with Gasteiger partial charge in [-0.25, -0.2) is 0 Å². The SMILES string of the molecule is COCCC(C)/C=C/CCN. The second-order valence-corrected chi connectivity index (χ2v) is 2.76. The summed E-state index contributed by atoms with van der Waals surface area (Å²) in [5.74, 6) is 0.612. The summed E-state index contributed by atoms with van der Waals surface area (Å²) >= 11 is 0. The van der Waals surface area contributed by atoms with E-state index in [-0.39, 0.29) is 0 Å². The smallest absolute Gasteiger partial charge is 0.0467 e. The molecule has 1 atom stereocenters. The van der Waals surface area contributed by atoms with E-state index in [9.17, 15) is 0 Å². The lowest BCUT2D eigenvalue weighted by atomic mass is 10.1. The monoisotopic (exact) mass is 157 g/mol. The summed E-state index contributed by atoms with van der Waals surface area (Å²) in [6.45, 7) is 3.77. The Balaban J connectivity index is 3.27. The third kappa shape index (κ3) is 7.56. The molecule has 0 saturated carbocycles. The first-order valence-corrected chi connectivity index (χ1v) is 4.17. The highest BCUT2D eigenvalue weighted by Crippen LogP contribution is 2.03. The van der Waals surface area contributed by atoms with Crippen molar-refractivity contribution in [2.24, 2.45) is 11.7 Å². The highest BCUT2D eigenvalue weighted by molar-refractivity contribution is 4.86. The summed E-state index contributed by atoms with van der Waals surface area (Å²) in [5.41, 5.74) is 5.34. The Morgan fingerprint density at radius 2 is 2.27 bits per heavy atom. The predicted octanol–water partition coefficient (Wildman–Crippen LogP) is 1.56. The van der Waals surface area contributed by atoms with Crippen LogP contribution in [0, 0.1) is 5.92 Å². The summed E-state index contributed by atoms with van der Waals surface area (Å²) in [5, 5.41) is 0. The van der Waals surface area contributed by atoms with Crippen molar-refractivity contribution in [2.45, 2.75) is 19.8 Å². The topological polar surface area (TPSA) is 35.2 Å². The fourth-order valence-corrected chi connectivity index (χ4v) is 0.825. The summed E-state index contributed by atoms with van der Waals surface area (Å²) in [4.78, 5) is 0. The quantitative estimate of drug-likeness (QED) is 0.594. The fraction of sp³-hybridized carbons (Fsp3) is 0.778. The minimum Gasteiger partial charge on any atom is -0.385 e. The maximum absolute atomic E-state index is 5.34. The van der Waals surface area contributed by atoms with Gasteiger partial charge >= 0.3 is 0 Å². The number of allylic oxidation sites excluding steroid dienone is 1. The molecule has 0 aromatic carbocycles. The number of hydrogen-bond acceptors (Lipinski definition) is 2. The molecule has 1 unspecified atom stereocenters. The van der Waals surface area contributed by atoms with Crippen LogP contribution >= 0.6 is 0 Å². The van der Waals surface area contributed by atoms with Crippen LogP contribution in [0.1, 0.15) is 19.8 Å². The molecule has 0 rings (SSSR count). The first-order valence-electron chi connectivity index (χ1n) is 4.17. The van der Waals surface area contributed by atoms with Gasteiger partial charge in [0.15, 0.2) is 0 Å². The zero-order valence-electron chi connectivity index (χ0n) is 7.55. The molecule has 66 valence electrons. The molecule has 0 saturated heterocycles. The second kappa shape index (κ2) is 7.76. The Hall–Kier alpha value is -0.340. The van der Waals surface area contributed by atoms with E-state index in [0.717, 1.165) is 26.0 Å². The molecule has 2 N–H and O–H groups in total. The van der Waals surface area contributed by atoms with Crippen LogP contribution < -0.4 is 5.73 Å². The van der Waals surface area contributed by atoms with Crippen molar-refractivity contribution in [3.63, 3.8) is 0 Å². The van der Waals surface area contributed by atoms with Gasteiger partial charge in [-0.2, -0.15) is 0 Å². The van der Waals surface area contributed by atoms with Gasteiger partial charge in [0, 0.05) is 13.7 Å². The van der Waals surface area contributed by atoms with Crippen LogP contribution in [0.4, 0.5) is 0 Å². The van der Waals surface area contributed by atoms with Crippen LogP contribution in [0.15, 0.2) is 12.2 Å². The molecule has 11 heavy (non-hydrogen) atoms. The van der Waals surface area contributed by atoms with E-state index in [1.807, 2.05) is 0 Å². The van der Waals surface area contributed by atoms with Gasteiger partial charge in [-0.1, -0.05) is 19.1 Å². The first-order chi connectivity index (χ1) is 5.31. The normalized spacial score (nSPS) is 14.1. The summed E-state index contributed by atoms with van der Waals surface area (Å²) in [6, 6.07) is 0. The Kier molecular flexibility index (Phi) is 7.52. The highest BCUT2D eigenvalue weighted by Gasteiger charge is 1.94. The van der Waals surface area contributed by atoms with Crippen LogP contribution in [0.3, 0.4) is 0 Å². The minimum absolute atomic E-state index is 0.612. The van der Waals surface area contributed by atoms with Crippen molar-refractivity contribution in [1.82, 2.24) is 0 Å². The molecule has 0 radical (unpaired) electrons. The van der Waals surface area contributed by atoms with E-state index in [1.165, 1.54) is 0 Å². The second-order valence-electron chi connectivity index (χ2n) is 2.76. The van der Waals surface area contributed by atoms with E-state index < -0.39 is 0 Å². The molecule has 0 aliphatic heterocycles. The Bertz CT molecular complexity index is 102. The van der Waals surface area contributed by atoms with Gasteiger partial charge < -0.3 is 10.5 Å². The average Bonchev–Trinajstić information content (AvgIpc) is 2.01.